The van der Waals surface area contributed by atoms with E-state index < -0.39 is 5.82 Å². The summed E-state index contributed by atoms with van der Waals surface area (Å²) in [6, 6.07) is 7.48. The van der Waals surface area contributed by atoms with Gasteiger partial charge in [-0.05, 0) is 24.3 Å². The van der Waals surface area contributed by atoms with Crippen molar-refractivity contribution in [1.82, 2.24) is 0 Å². The summed E-state index contributed by atoms with van der Waals surface area (Å²) >= 11 is 11.9. The Bertz CT molecular complexity index is 597. The van der Waals surface area contributed by atoms with Crippen LogP contribution in [0.4, 0.5) is 21.5 Å². The van der Waals surface area contributed by atoms with Crippen LogP contribution >= 0.6 is 23.2 Å². The Morgan fingerprint density at radius 3 is 2.32 bits per heavy atom. The minimum Gasteiger partial charge on any atom is -0.497 e. The molecule has 0 fully saturated rings. The number of nitrogens with one attached hydrogen (secondary N) is 1. The Kier molecular flexibility index (Phi) is 4.02. The predicted molar refractivity (Wildman–Crippen MR) is 77.1 cm³/mol. The number of nitrogen functional groups attached to an aromatic ring is 1. The first-order valence-electron chi connectivity index (χ1n) is 5.36. The highest BCUT2D eigenvalue weighted by molar-refractivity contribution is 6.39. The summed E-state index contributed by atoms with van der Waals surface area (Å²) in [5.41, 5.74) is 7.35. The summed E-state index contributed by atoms with van der Waals surface area (Å²) in [6.07, 6.45) is 0. The molecular formula is C13H11Cl2FN2O. The van der Waals surface area contributed by atoms with Crippen molar-refractivity contribution in [3.63, 3.8) is 0 Å². The second-order valence-corrected chi connectivity index (χ2v) is 4.64. The zero-order valence-electron chi connectivity index (χ0n) is 10.0. The van der Waals surface area contributed by atoms with E-state index in [0.717, 1.165) is 0 Å². The van der Waals surface area contributed by atoms with Crippen LogP contribution in [0.3, 0.4) is 0 Å². The number of nitrogens with two attached hydrogens (primary N) is 1. The second-order valence-electron chi connectivity index (χ2n) is 3.82. The van der Waals surface area contributed by atoms with E-state index >= 15 is 0 Å². The second kappa shape index (κ2) is 5.55. The van der Waals surface area contributed by atoms with Crippen LogP contribution in [0.1, 0.15) is 0 Å². The van der Waals surface area contributed by atoms with E-state index in [-0.39, 0.29) is 10.0 Å². The van der Waals surface area contributed by atoms with Crippen LogP contribution < -0.4 is 15.8 Å². The average molecular weight is 301 g/mol. The standard InChI is InChI=1S/C13H11Cl2FN2O/c1-19-8-2-3-12(11(17)6-8)18-13-9(14)4-7(16)5-10(13)15/h2-6,18H,17H2,1H3. The quantitative estimate of drug-likeness (QED) is 0.822. The van der Waals surface area contributed by atoms with E-state index in [2.05, 4.69) is 5.32 Å². The molecule has 0 spiro atoms. The molecule has 2 rings (SSSR count). The zero-order chi connectivity index (χ0) is 14.0. The van der Waals surface area contributed by atoms with Crippen LogP contribution in [0.2, 0.25) is 10.0 Å². The molecule has 2 aromatic rings. The van der Waals surface area contributed by atoms with Crippen molar-refractivity contribution in [2.24, 2.45) is 0 Å². The first kappa shape index (κ1) is 13.8. The van der Waals surface area contributed by atoms with Crippen molar-refractivity contribution in [1.29, 1.82) is 0 Å². The summed E-state index contributed by atoms with van der Waals surface area (Å²) in [4.78, 5) is 0. The third kappa shape index (κ3) is 3.03. The van der Waals surface area contributed by atoms with Crippen LogP contribution in [0.5, 0.6) is 5.75 Å². The van der Waals surface area contributed by atoms with Gasteiger partial charge >= 0.3 is 0 Å². The number of methoxy groups -OCH3 is 1. The fourth-order valence-corrected chi connectivity index (χ4v) is 2.13. The number of hydrogen-bond acceptors (Lipinski definition) is 3. The minimum atomic E-state index is -0.497. The van der Waals surface area contributed by atoms with Gasteiger partial charge in [-0.3, -0.25) is 0 Å². The van der Waals surface area contributed by atoms with Crippen molar-refractivity contribution in [2.75, 3.05) is 18.2 Å². The lowest BCUT2D eigenvalue weighted by Crippen LogP contribution is -1.98. The van der Waals surface area contributed by atoms with E-state index in [1.807, 2.05) is 0 Å². The summed E-state index contributed by atoms with van der Waals surface area (Å²) < 4.78 is 18.1. The summed E-state index contributed by atoms with van der Waals surface area (Å²) in [5, 5.41) is 3.34. The molecule has 0 heterocycles. The first-order valence-corrected chi connectivity index (χ1v) is 6.12. The van der Waals surface area contributed by atoms with Crippen LogP contribution in [0, 0.1) is 5.82 Å². The highest BCUT2D eigenvalue weighted by Crippen LogP contribution is 2.36. The number of anilines is 3. The van der Waals surface area contributed by atoms with E-state index in [1.54, 1.807) is 25.3 Å². The summed E-state index contributed by atoms with van der Waals surface area (Å²) in [5.74, 6) is 0.141. The molecule has 0 atom stereocenters. The maximum atomic E-state index is 13.1. The Balaban J connectivity index is 2.36. The first-order chi connectivity index (χ1) is 9.01. The number of rotatable bonds is 3. The fourth-order valence-electron chi connectivity index (χ4n) is 1.58. The molecule has 3 nitrogen and oxygen atoms in total. The topological polar surface area (TPSA) is 47.3 Å². The average Bonchev–Trinajstić information content (AvgIpc) is 2.35. The normalized spacial score (nSPS) is 10.3. The van der Waals surface area contributed by atoms with Crippen molar-refractivity contribution in [3.8, 4) is 5.75 Å². The Morgan fingerprint density at radius 2 is 1.79 bits per heavy atom. The van der Waals surface area contributed by atoms with Crippen molar-refractivity contribution in [2.45, 2.75) is 0 Å². The lowest BCUT2D eigenvalue weighted by molar-refractivity contribution is 0.415. The highest BCUT2D eigenvalue weighted by atomic mass is 35.5. The molecule has 0 aromatic heterocycles. The SMILES string of the molecule is COc1ccc(Nc2c(Cl)cc(F)cc2Cl)c(N)c1. The fraction of sp³-hybridized carbons (Fsp3) is 0.0769. The Hall–Kier alpha value is -1.65. The molecule has 0 aliphatic rings. The van der Waals surface area contributed by atoms with Gasteiger partial charge < -0.3 is 15.8 Å². The van der Waals surface area contributed by atoms with E-state index in [1.165, 1.54) is 12.1 Å². The lowest BCUT2D eigenvalue weighted by Gasteiger charge is -2.13. The molecule has 0 unspecified atom stereocenters. The number of benzene rings is 2. The van der Waals surface area contributed by atoms with E-state index in [4.69, 9.17) is 33.7 Å². The van der Waals surface area contributed by atoms with Crippen LogP contribution in [0.25, 0.3) is 0 Å². The third-order valence-electron chi connectivity index (χ3n) is 2.53. The number of hydrogen-bond donors (Lipinski definition) is 2. The van der Waals surface area contributed by atoms with Gasteiger partial charge in [-0.2, -0.15) is 0 Å². The van der Waals surface area contributed by atoms with Crippen molar-refractivity contribution >= 4 is 40.3 Å². The Labute approximate surface area is 120 Å². The van der Waals surface area contributed by atoms with Gasteiger partial charge in [-0.25, -0.2) is 4.39 Å². The number of halogens is 3. The molecule has 19 heavy (non-hydrogen) atoms. The van der Waals surface area contributed by atoms with Crippen LogP contribution in [-0.2, 0) is 0 Å². The molecule has 0 saturated heterocycles. The van der Waals surface area contributed by atoms with Gasteiger partial charge in [-0.1, -0.05) is 23.2 Å². The van der Waals surface area contributed by atoms with Gasteiger partial charge in [0, 0.05) is 6.07 Å². The molecular weight excluding hydrogens is 290 g/mol. The van der Waals surface area contributed by atoms with Gasteiger partial charge in [0.1, 0.15) is 11.6 Å². The maximum absolute atomic E-state index is 13.1. The predicted octanol–water partition coefficient (Wildman–Crippen LogP) is 4.47. The smallest absolute Gasteiger partial charge is 0.126 e. The van der Waals surface area contributed by atoms with Gasteiger partial charge in [0.15, 0.2) is 0 Å². The molecule has 0 amide bonds. The molecule has 0 aliphatic carbocycles. The lowest BCUT2D eigenvalue weighted by atomic mass is 10.2. The summed E-state index contributed by atoms with van der Waals surface area (Å²) in [6.45, 7) is 0. The molecule has 0 bridgehead atoms. The molecule has 2 aromatic carbocycles. The van der Waals surface area contributed by atoms with Crippen LogP contribution in [-0.4, -0.2) is 7.11 Å². The van der Waals surface area contributed by atoms with Crippen molar-refractivity contribution in [3.05, 3.63) is 46.2 Å². The Morgan fingerprint density at radius 1 is 1.16 bits per heavy atom. The summed E-state index contributed by atoms with van der Waals surface area (Å²) in [7, 11) is 1.55. The highest BCUT2D eigenvalue weighted by Gasteiger charge is 2.10. The molecule has 6 heteroatoms. The monoisotopic (exact) mass is 300 g/mol. The minimum absolute atomic E-state index is 0.181. The third-order valence-corrected chi connectivity index (χ3v) is 3.12. The molecule has 0 saturated carbocycles. The van der Waals surface area contributed by atoms with Gasteiger partial charge in [0.2, 0.25) is 0 Å². The van der Waals surface area contributed by atoms with Gasteiger partial charge in [0.05, 0.1) is 34.2 Å². The number of ether oxygens (including phenoxy) is 1. The van der Waals surface area contributed by atoms with Crippen LogP contribution in [0.15, 0.2) is 30.3 Å². The molecule has 0 aliphatic heterocycles. The van der Waals surface area contributed by atoms with Gasteiger partial charge in [-0.15, -0.1) is 0 Å². The maximum Gasteiger partial charge on any atom is 0.126 e. The van der Waals surface area contributed by atoms with E-state index in [9.17, 15) is 4.39 Å². The van der Waals surface area contributed by atoms with Gasteiger partial charge in [0.25, 0.3) is 0 Å². The van der Waals surface area contributed by atoms with Crippen molar-refractivity contribution < 1.29 is 9.13 Å². The molecule has 3 N–H and O–H groups in total. The molecule has 100 valence electrons. The van der Waals surface area contributed by atoms with E-state index in [0.29, 0.717) is 22.8 Å². The zero-order valence-corrected chi connectivity index (χ0v) is 11.5. The largest absolute Gasteiger partial charge is 0.497 e. The molecule has 0 radical (unpaired) electrons.